The van der Waals surface area contributed by atoms with Gasteiger partial charge in [0.05, 0.1) is 6.61 Å². The fraction of sp³-hybridized carbons (Fsp3) is 1.00. The zero-order chi connectivity index (χ0) is 6.04. The molecule has 1 N–H and O–H groups in total. The molecule has 0 unspecified atom stereocenters. The van der Waals surface area contributed by atoms with Crippen LogP contribution in [-0.4, -0.2) is 24.0 Å². The van der Waals surface area contributed by atoms with Gasteiger partial charge in [0.2, 0.25) is 0 Å². The van der Waals surface area contributed by atoms with Crippen LogP contribution >= 0.6 is 25.3 Å². The van der Waals surface area contributed by atoms with Gasteiger partial charge in [0.1, 0.15) is 0 Å². The number of hydrogen-bond acceptors (Lipinski definition) is 4. The highest BCUT2D eigenvalue weighted by molar-refractivity contribution is 8.00. The summed E-state index contributed by atoms with van der Waals surface area (Å²) in [7, 11) is 0. The molecule has 0 bridgehead atoms. The van der Waals surface area contributed by atoms with E-state index in [-0.39, 0.29) is 0 Å². The molecule has 0 radical (unpaired) electrons. The summed E-state index contributed by atoms with van der Waals surface area (Å²) >= 11 is 8.19. The molecular weight excluding hydrogens is 142 g/mol. The Morgan fingerprint density at radius 3 is 2.50 bits per heavy atom. The Bertz CT molecular complexity index is 78.1. The molecule has 0 aromatic heterocycles. The van der Waals surface area contributed by atoms with Crippen molar-refractivity contribution in [1.82, 2.24) is 5.32 Å². The third-order valence-electron chi connectivity index (χ3n) is 0.967. The van der Waals surface area contributed by atoms with Gasteiger partial charge in [-0.2, -0.15) is 0 Å². The molecule has 4 heteroatoms. The second kappa shape index (κ2) is 2.47. The highest BCUT2D eigenvalue weighted by Gasteiger charge is 2.22. The lowest BCUT2D eigenvalue weighted by Gasteiger charge is -2.28. The first-order valence-corrected chi connectivity index (χ1v) is 3.40. The van der Waals surface area contributed by atoms with Gasteiger partial charge >= 0.3 is 0 Å². The Morgan fingerprint density at radius 1 is 1.50 bits per heavy atom. The molecule has 1 aliphatic heterocycles. The third-order valence-corrected chi connectivity index (χ3v) is 1.54. The number of nitrogens with one attached hydrogen (secondary N) is 1. The van der Waals surface area contributed by atoms with E-state index < -0.39 is 4.27 Å². The van der Waals surface area contributed by atoms with Crippen LogP contribution in [-0.2, 0) is 4.74 Å². The van der Waals surface area contributed by atoms with Gasteiger partial charge in [0, 0.05) is 13.1 Å². The van der Waals surface area contributed by atoms with Crippen LogP contribution in [0.5, 0.6) is 0 Å². The fourth-order valence-electron chi connectivity index (χ4n) is 0.589. The summed E-state index contributed by atoms with van der Waals surface area (Å²) in [5, 5.41) is 3.10. The second-order valence-electron chi connectivity index (χ2n) is 1.77. The Labute approximate surface area is 59.8 Å². The van der Waals surface area contributed by atoms with Crippen molar-refractivity contribution in [2.75, 3.05) is 19.7 Å². The number of hydrogen-bond donors (Lipinski definition) is 3. The van der Waals surface area contributed by atoms with Gasteiger partial charge in [-0.25, -0.2) is 0 Å². The quantitative estimate of drug-likeness (QED) is 0.338. The maximum absolute atomic E-state index is 5.13. The first-order valence-electron chi connectivity index (χ1n) is 2.50. The van der Waals surface area contributed by atoms with Crippen molar-refractivity contribution in [2.24, 2.45) is 0 Å². The van der Waals surface area contributed by atoms with Crippen molar-refractivity contribution >= 4 is 25.3 Å². The van der Waals surface area contributed by atoms with E-state index in [4.69, 9.17) is 4.74 Å². The van der Waals surface area contributed by atoms with Gasteiger partial charge in [-0.05, 0) is 0 Å². The molecule has 0 aromatic rings. The summed E-state index contributed by atoms with van der Waals surface area (Å²) < 4.78 is 4.59. The molecule has 1 rings (SSSR count). The SMILES string of the molecule is SC1(S)CNCCO1. The highest BCUT2D eigenvalue weighted by atomic mass is 32.2. The summed E-state index contributed by atoms with van der Waals surface area (Å²) in [6.07, 6.45) is 0. The fourth-order valence-corrected chi connectivity index (χ4v) is 0.995. The van der Waals surface area contributed by atoms with Crippen molar-refractivity contribution in [1.29, 1.82) is 0 Å². The first-order chi connectivity index (χ1) is 3.71. The minimum Gasteiger partial charge on any atom is -0.353 e. The maximum atomic E-state index is 5.13. The van der Waals surface area contributed by atoms with Crippen LogP contribution in [0.1, 0.15) is 0 Å². The van der Waals surface area contributed by atoms with Crippen LogP contribution < -0.4 is 5.32 Å². The summed E-state index contributed by atoms with van der Waals surface area (Å²) in [4.78, 5) is 0. The van der Waals surface area contributed by atoms with Gasteiger partial charge in [0.25, 0.3) is 0 Å². The topological polar surface area (TPSA) is 21.3 Å². The van der Waals surface area contributed by atoms with Crippen LogP contribution in [0.25, 0.3) is 0 Å². The highest BCUT2D eigenvalue weighted by Crippen LogP contribution is 2.21. The van der Waals surface area contributed by atoms with Crippen LogP contribution in [0.3, 0.4) is 0 Å². The van der Waals surface area contributed by atoms with Gasteiger partial charge < -0.3 is 10.1 Å². The summed E-state index contributed by atoms with van der Waals surface area (Å²) in [6.45, 7) is 2.31. The largest absolute Gasteiger partial charge is 0.353 e. The van der Waals surface area contributed by atoms with Crippen LogP contribution in [0.2, 0.25) is 0 Å². The van der Waals surface area contributed by atoms with Crippen molar-refractivity contribution in [3.8, 4) is 0 Å². The van der Waals surface area contributed by atoms with Gasteiger partial charge in [-0.3, -0.25) is 0 Å². The van der Waals surface area contributed by atoms with E-state index in [0.29, 0.717) is 13.2 Å². The smallest absolute Gasteiger partial charge is 0.167 e. The van der Waals surface area contributed by atoms with E-state index in [0.717, 1.165) is 6.54 Å². The summed E-state index contributed by atoms with van der Waals surface area (Å²) in [5.41, 5.74) is 0. The molecule has 0 amide bonds. The lowest BCUT2D eigenvalue weighted by molar-refractivity contribution is 0.0655. The third kappa shape index (κ3) is 1.85. The zero-order valence-corrected chi connectivity index (χ0v) is 6.21. The lowest BCUT2D eigenvalue weighted by Crippen LogP contribution is -2.42. The Hall–Kier alpha value is 0.620. The van der Waals surface area contributed by atoms with Crippen molar-refractivity contribution in [3.05, 3.63) is 0 Å². The molecule has 1 aliphatic rings. The number of ether oxygens (including phenoxy) is 1. The van der Waals surface area contributed by atoms with Crippen molar-refractivity contribution < 1.29 is 4.74 Å². The molecule has 2 nitrogen and oxygen atoms in total. The zero-order valence-electron chi connectivity index (χ0n) is 4.42. The van der Waals surface area contributed by atoms with E-state index >= 15 is 0 Å². The number of rotatable bonds is 0. The predicted molar refractivity (Wildman–Crippen MR) is 39.5 cm³/mol. The molecule has 0 spiro atoms. The van der Waals surface area contributed by atoms with Gasteiger partial charge in [-0.1, -0.05) is 0 Å². The average Bonchev–Trinajstić information content (AvgIpc) is 1.65. The minimum absolute atomic E-state index is 0.543. The minimum atomic E-state index is -0.543. The summed E-state index contributed by atoms with van der Waals surface area (Å²) in [5.74, 6) is 0. The average molecular weight is 151 g/mol. The molecule has 0 saturated carbocycles. The Kier molecular flexibility index (Phi) is 2.08. The molecule has 1 heterocycles. The Morgan fingerprint density at radius 2 is 2.25 bits per heavy atom. The normalized spacial score (nSPS) is 27.8. The lowest BCUT2D eigenvalue weighted by atomic mass is 10.5. The first kappa shape index (κ1) is 6.74. The van der Waals surface area contributed by atoms with E-state index in [9.17, 15) is 0 Å². The summed E-state index contributed by atoms with van der Waals surface area (Å²) in [6, 6.07) is 0. The number of thiol groups is 2. The van der Waals surface area contributed by atoms with Crippen LogP contribution in [0.4, 0.5) is 0 Å². The molecule has 8 heavy (non-hydrogen) atoms. The molecule has 0 aromatic carbocycles. The van der Waals surface area contributed by atoms with E-state index in [2.05, 4.69) is 30.6 Å². The Balaban J connectivity index is 2.33. The van der Waals surface area contributed by atoms with Gasteiger partial charge in [0.15, 0.2) is 4.27 Å². The molecule has 1 saturated heterocycles. The van der Waals surface area contributed by atoms with E-state index in [1.807, 2.05) is 0 Å². The van der Waals surface area contributed by atoms with Crippen molar-refractivity contribution in [2.45, 2.75) is 4.27 Å². The van der Waals surface area contributed by atoms with E-state index in [1.165, 1.54) is 0 Å². The maximum Gasteiger partial charge on any atom is 0.167 e. The van der Waals surface area contributed by atoms with Crippen LogP contribution in [0.15, 0.2) is 0 Å². The van der Waals surface area contributed by atoms with Gasteiger partial charge in [-0.15, -0.1) is 25.3 Å². The molecule has 48 valence electrons. The standard InChI is InChI=1S/C4H9NOS2/c7-4(8)3-5-1-2-6-4/h5,7-8H,1-3H2. The van der Waals surface area contributed by atoms with E-state index in [1.54, 1.807) is 0 Å². The van der Waals surface area contributed by atoms with Crippen molar-refractivity contribution in [3.63, 3.8) is 0 Å². The predicted octanol–water partition coefficient (Wildman–Crippen LogP) is 0.120. The molecular formula is C4H9NOS2. The number of morpholine rings is 1. The van der Waals surface area contributed by atoms with Crippen LogP contribution in [0, 0.1) is 0 Å². The molecule has 0 aliphatic carbocycles. The second-order valence-corrected chi connectivity index (χ2v) is 3.57. The monoisotopic (exact) mass is 151 g/mol. The molecule has 0 atom stereocenters. The molecule has 1 fully saturated rings.